The molecular weight excluding hydrogens is 150 g/mol. The Morgan fingerprint density at radius 1 is 1.58 bits per heavy atom. The lowest BCUT2D eigenvalue weighted by Gasteiger charge is -2.27. The van der Waals surface area contributed by atoms with E-state index in [0.717, 1.165) is 12.3 Å². The predicted octanol–water partition coefficient (Wildman–Crippen LogP) is 1.92. The molecule has 2 heteroatoms. The van der Waals surface area contributed by atoms with Gasteiger partial charge in [0.1, 0.15) is 12.5 Å². The number of rotatable bonds is 1. The van der Waals surface area contributed by atoms with Gasteiger partial charge in [-0.1, -0.05) is 18.7 Å². The van der Waals surface area contributed by atoms with Crippen molar-refractivity contribution in [3.8, 4) is 0 Å². The van der Waals surface area contributed by atoms with Crippen molar-refractivity contribution in [3.05, 3.63) is 36.1 Å². The molecule has 0 aromatic heterocycles. The molecule has 1 heterocycles. The minimum absolute atomic E-state index is 0.664. The van der Waals surface area contributed by atoms with E-state index < -0.39 is 0 Å². The summed E-state index contributed by atoms with van der Waals surface area (Å²) in [6.07, 6.45) is 5.73. The third-order valence-electron chi connectivity index (χ3n) is 1.81. The van der Waals surface area contributed by atoms with Gasteiger partial charge < -0.3 is 4.74 Å². The largest absolute Gasteiger partial charge is 0.478 e. The van der Waals surface area contributed by atoms with Crippen LogP contribution in [0.1, 0.15) is 6.92 Å². The molecule has 1 aliphatic rings. The molecule has 0 spiro atoms. The number of allylic oxidation sites excluding steroid dienone is 3. The molecule has 12 heavy (non-hydrogen) atoms. The van der Waals surface area contributed by atoms with Crippen molar-refractivity contribution in [1.82, 2.24) is 4.90 Å². The molecule has 0 radical (unpaired) electrons. The van der Waals surface area contributed by atoms with E-state index in [2.05, 4.69) is 17.6 Å². The number of hydrogen-bond donors (Lipinski definition) is 0. The zero-order chi connectivity index (χ0) is 8.97. The van der Waals surface area contributed by atoms with Crippen LogP contribution in [0.3, 0.4) is 0 Å². The summed E-state index contributed by atoms with van der Waals surface area (Å²) in [6.45, 7) is 7.29. The van der Waals surface area contributed by atoms with E-state index in [0.29, 0.717) is 6.73 Å². The number of hydrogen-bond acceptors (Lipinski definition) is 2. The third-order valence-corrected chi connectivity index (χ3v) is 1.81. The van der Waals surface area contributed by atoms with Crippen molar-refractivity contribution < 1.29 is 4.74 Å². The molecule has 1 rings (SSSR count). The minimum Gasteiger partial charge on any atom is -0.478 e. The van der Waals surface area contributed by atoms with E-state index in [9.17, 15) is 0 Å². The average Bonchev–Trinajstić information content (AvgIpc) is 2.08. The summed E-state index contributed by atoms with van der Waals surface area (Å²) in [5, 5.41) is 0. The molecule has 1 aliphatic heterocycles. The van der Waals surface area contributed by atoms with E-state index >= 15 is 0 Å². The molecule has 0 aromatic rings. The molecule has 1 saturated heterocycles. The Morgan fingerprint density at radius 3 is 2.92 bits per heavy atom. The summed E-state index contributed by atoms with van der Waals surface area (Å²) in [7, 11) is 2.04. The molecule has 2 nitrogen and oxygen atoms in total. The summed E-state index contributed by atoms with van der Waals surface area (Å²) >= 11 is 0. The standard InChI is InChI=1S/C10H15NO/c1-4-6-10-9(5-2)7-11(3)8-12-10/h4-6H,1,7-8H2,2-3H3/b9-5-,10-6+. The molecule has 0 aliphatic carbocycles. The molecule has 66 valence electrons. The van der Waals surface area contributed by atoms with Crippen molar-refractivity contribution in [2.45, 2.75) is 6.92 Å². The first-order chi connectivity index (χ1) is 5.77. The Morgan fingerprint density at radius 2 is 2.33 bits per heavy atom. The summed E-state index contributed by atoms with van der Waals surface area (Å²) in [4.78, 5) is 2.12. The first kappa shape index (κ1) is 9.07. The van der Waals surface area contributed by atoms with E-state index in [1.165, 1.54) is 5.57 Å². The fourth-order valence-corrected chi connectivity index (χ4v) is 1.18. The lowest BCUT2D eigenvalue weighted by atomic mass is 10.1. The summed E-state index contributed by atoms with van der Waals surface area (Å²) in [5.41, 5.74) is 1.23. The van der Waals surface area contributed by atoms with Gasteiger partial charge in [0, 0.05) is 12.1 Å². The smallest absolute Gasteiger partial charge is 0.142 e. The minimum atomic E-state index is 0.664. The van der Waals surface area contributed by atoms with Crippen LogP contribution in [0.2, 0.25) is 0 Å². The van der Waals surface area contributed by atoms with Gasteiger partial charge in [0.2, 0.25) is 0 Å². The van der Waals surface area contributed by atoms with Crippen LogP contribution in [0.4, 0.5) is 0 Å². The molecule has 0 unspecified atom stereocenters. The maximum Gasteiger partial charge on any atom is 0.142 e. The van der Waals surface area contributed by atoms with Crippen LogP contribution < -0.4 is 0 Å². The molecule has 0 amide bonds. The Hall–Kier alpha value is -1.02. The maximum absolute atomic E-state index is 5.48. The summed E-state index contributed by atoms with van der Waals surface area (Å²) in [5.74, 6) is 0.950. The Labute approximate surface area is 73.8 Å². The lowest BCUT2D eigenvalue weighted by Crippen LogP contribution is -2.30. The Kier molecular flexibility index (Phi) is 3.11. The highest BCUT2D eigenvalue weighted by Gasteiger charge is 2.14. The summed E-state index contributed by atoms with van der Waals surface area (Å²) < 4.78 is 5.48. The van der Waals surface area contributed by atoms with Crippen LogP contribution in [0, 0.1) is 0 Å². The quantitative estimate of drug-likeness (QED) is 0.588. The van der Waals surface area contributed by atoms with Crippen LogP contribution in [-0.2, 0) is 4.74 Å². The second-order valence-electron chi connectivity index (χ2n) is 2.87. The van der Waals surface area contributed by atoms with Gasteiger partial charge in [0.05, 0.1) is 0 Å². The fraction of sp³-hybridized carbons (Fsp3) is 0.400. The van der Waals surface area contributed by atoms with Crippen molar-refractivity contribution in [2.75, 3.05) is 20.3 Å². The third kappa shape index (κ3) is 1.98. The van der Waals surface area contributed by atoms with Crippen molar-refractivity contribution >= 4 is 0 Å². The van der Waals surface area contributed by atoms with Crippen LogP contribution in [0.5, 0.6) is 0 Å². The zero-order valence-electron chi connectivity index (χ0n) is 7.71. The predicted molar refractivity (Wildman–Crippen MR) is 50.6 cm³/mol. The molecule has 0 saturated carbocycles. The van der Waals surface area contributed by atoms with Crippen LogP contribution in [0.25, 0.3) is 0 Å². The van der Waals surface area contributed by atoms with Crippen molar-refractivity contribution in [1.29, 1.82) is 0 Å². The molecule has 0 N–H and O–H groups in total. The van der Waals surface area contributed by atoms with Crippen molar-refractivity contribution in [3.63, 3.8) is 0 Å². The van der Waals surface area contributed by atoms with E-state index in [1.807, 2.05) is 20.0 Å². The maximum atomic E-state index is 5.48. The van der Waals surface area contributed by atoms with Gasteiger partial charge in [-0.2, -0.15) is 0 Å². The highest BCUT2D eigenvalue weighted by atomic mass is 16.5. The highest BCUT2D eigenvalue weighted by Crippen LogP contribution is 2.17. The topological polar surface area (TPSA) is 12.5 Å². The number of ether oxygens (including phenoxy) is 1. The Bertz CT molecular complexity index is 228. The molecule has 0 bridgehead atoms. The van der Waals surface area contributed by atoms with E-state index in [4.69, 9.17) is 4.74 Å². The van der Waals surface area contributed by atoms with Crippen LogP contribution in [-0.4, -0.2) is 25.2 Å². The van der Waals surface area contributed by atoms with Crippen LogP contribution in [0.15, 0.2) is 36.1 Å². The van der Waals surface area contributed by atoms with Gasteiger partial charge in [0.25, 0.3) is 0 Å². The summed E-state index contributed by atoms with van der Waals surface area (Å²) in [6, 6.07) is 0. The molecular formula is C10H15NO. The van der Waals surface area contributed by atoms with E-state index in [1.54, 1.807) is 6.08 Å². The molecule has 1 fully saturated rings. The number of nitrogens with zero attached hydrogens (tertiary/aromatic N) is 1. The first-order valence-corrected chi connectivity index (χ1v) is 4.07. The lowest BCUT2D eigenvalue weighted by molar-refractivity contribution is 0.0761. The highest BCUT2D eigenvalue weighted by molar-refractivity contribution is 5.30. The number of likely N-dealkylation sites (N-methyl/N-ethyl adjacent to an activating group) is 1. The molecule has 0 atom stereocenters. The van der Waals surface area contributed by atoms with Crippen LogP contribution >= 0.6 is 0 Å². The van der Waals surface area contributed by atoms with Gasteiger partial charge in [-0.25, -0.2) is 0 Å². The van der Waals surface area contributed by atoms with Gasteiger partial charge in [-0.05, 0) is 20.0 Å². The fourth-order valence-electron chi connectivity index (χ4n) is 1.18. The van der Waals surface area contributed by atoms with Gasteiger partial charge in [0.15, 0.2) is 0 Å². The average molecular weight is 165 g/mol. The second-order valence-corrected chi connectivity index (χ2v) is 2.87. The van der Waals surface area contributed by atoms with Gasteiger partial charge >= 0.3 is 0 Å². The zero-order valence-corrected chi connectivity index (χ0v) is 7.71. The normalized spacial score (nSPS) is 25.8. The van der Waals surface area contributed by atoms with Gasteiger partial charge in [-0.15, -0.1) is 0 Å². The Balaban J connectivity index is 2.76. The van der Waals surface area contributed by atoms with Crippen molar-refractivity contribution in [2.24, 2.45) is 0 Å². The van der Waals surface area contributed by atoms with E-state index in [-0.39, 0.29) is 0 Å². The molecule has 0 aromatic carbocycles. The SMILES string of the molecule is C=C/C=C1/OCN(C)C/C1=C/C. The first-order valence-electron chi connectivity index (χ1n) is 4.07. The van der Waals surface area contributed by atoms with Gasteiger partial charge in [-0.3, -0.25) is 4.90 Å². The second kappa shape index (κ2) is 4.12. The monoisotopic (exact) mass is 165 g/mol.